The Morgan fingerprint density at radius 2 is 2.00 bits per heavy atom. The number of benzene rings is 1. The molecule has 7 heteroatoms. The summed E-state index contributed by atoms with van der Waals surface area (Å²) in [6.45, 7) is 0.661. The molecule has 1 aliphatic heterocycles. The SMILES string of the molecule is Nc1cc(N)c(OCC2CCCCO2)c(C(F)(F)F)c1. The van der Waals surface area contributed by atoms with E-state index in [2.05, 4.69) is 0 Å². The van der Waals surface area contributed by atoms with E-state index in [1.54, 1.807) is 0 Å². The highest BCUT2D eigenvalue weighted by molar-refractivity contribution is 5.65. The van der Waals surface area contributed by atoms with Crippen LogP contribution in [0.15, 0.2) is 12.1 Å². The molecule has 0 radical (unpaired) electrons. The number of nitrogens with two attached hydrogens (primary N) is 2. The minimum atomic E-state index is -4.56. The Hall–Kier alpha value is -1.63. The van der Waals surface area contributed by atoms with Crippen molar-refractivity contribution in [2.45, 2.75) is 31.5 Å². The van der Waals surface area contributed by atoms with Crippen molar-refractivity contribution in [2.24, 2.45) is 0 Å². The fraction of sp³-hybridized carbons (Fsp3) is 0.538. The number of alkyl halides is 3. The van der Waals surface area contributed by atoms with E-state index in [0.29, 0.717) is 6.61 Å². The molecule has 2 rings (SSSR count). The van der Waals surface area contributed by atoms with Crippen LogP contribution in [0.2, 0.25) is 0 Å². The number of nitrogen functional groups attached to an aromatic ring is 2. The van der Waals surface area contributed by atoms with Crippen molar-refractivity contribution in [3.8, 4) is 5.75 Å². The van der Waals surface area contributed by atoms with E-state index in [0.717, 1.165) is 25.3 Å². The van der Waals surface area contributed by atoms with Gasteiger partial charge in [-0.15, -0.1) is 0 Å². The lowest BCUT2D eigenvalue weighted by molar-refractivity contribution is -0.139. The zero-order chi connectivity index (χ0) is 14.8. The quantitative estimate of drug-likeness (QED) is 0.840. The smallest absolute Gasteiger partial charge is 0.420 e. The average molecular weight is 290 g/mol. The molecule has 1 fully saturated rings. The summed E-state index contributed by atoms with van der Waals surface area (Å²) < 4.78 is 49.5. The number of anilines is 2. The van der Waals surface area contributed by atoms with Crippen LogP contribution < -0.4 is 16.2 Å². The first-order valence-electron chi connectivity index (χ1n) is 6.38. The normalized spacial score (nSPS) is 19.9. The van der Waals surface area contributed by atoms with Gasteiger partial charge in [-0.25, -0.2) is 0 Å². The maximum Gasteiger partial charge on any atom is 0.420 e. The molecule has 1 heterocycles. The van der Waals surface area contributed by atoms with Crippen molar-refractivity contribution in [3.63, 3.8) is 0 Å². The van der Waals surface area contributed by atoms with Gasteiger partial charge in [-0.05, 0) is 31.4 Å². The molecular formula is C13H17F3N2O2. The van der Waals surface area contributed by atoms with Crippen LogP contribution in [0.4, 0.5) is 24.5 Å². The summed E-state index contributed by atoms with van der Waals surface area (Å²) >= 11 is 0. The molecule has 4 N–H and O–H groups in total. The highest BCUT2D eigenvalue weighted by atomic mass is 19.4. The third kappa shape index (κ3) is 3.47. The summed E-state index contributed by atoms with van der Waals surface area (Å²) in [5, 5.41) is 0. The fourth-order valence-corrected chi connectivity index (χ4v) is 2.16. The van der Waals surface area contributed by atoms with Crippen LogP contribution in [-0.2, 0) is 10.9 Å². The Balaban J connectivity index is 2.17. The number of rotatable bonds is 3. The zero-order valence-corrected chi connectivity index (χ0v) is 10.9. The summed E-state index contributed by atoms with van der Waals surface area (Å²) in [6.07, 6.45) is -2.03. The molecule has 1 saturated heterocycles. The summed E-state index contributed by atoms with van der Waals surface area (Å²) in [5.41, 5.74) is 9.88. The highest BCUT2D eigenvalue weighted by Gasteiger charge is 2.36. The van der Waals surface area contributed by atoms with Gasteiger partial charge in [0.05, 0.1) is 11.8 Å². The second-order valence-electron chi connectivity index (χ2n) is 4.78. The number of hydrogen-bond donors (Lipinski definition) is 2. The predicted molar refractivity (Wildman–Crippen MR) is 69.4 cm³/mol. The van der Waals surface area contributed by atoms with Crippen LogP contribution in [0.1, 0.15) is 24.8 Å². The van der Waals surface area contributed by atoms with E-state index in [1.165, 1.54) is 6.07 Å². The van der Waals surface area contributed by atoms with Gasteiger partial charge in [-0.3, -0.25) is 0 Å². The molecule has 20 heavy (non-hydrogen) atoms. The summed E-state index contributed by atoms with van der Waals surface area (Å²) in [7, 11) is 0. The van der Waals surface area contributed by atoms with Gasteiger partial charge >= 0.3 is 6.18 Å². The van der Waals surface area contributed by atoms with Gasteiger partial charge in [0.2, 0.25) is 0 Å². The molecule has 0 aliphatic carbocycles. The van der Waals surface area contributed by atoms with Crippen molar-refractivity contribution >= 4 is 11.4 Å². The third-order valence-corrected chi connectivity index (χ3v) is 3.13. The van der Waals surface area contributed by atoms with E-state index in [1.807, 2.05) is 0 Å². The molecule has 0 saturated carbocycles. The summed E-state index contributed by atoms with van der Waals surface area (Å²) in [5.74, 6) is -0.374. The van der Waals surface area contributed by atoms with E-state index >= 15 is 0 Å². The van der Waals surface area contributed by atoms with Gasteiger partial charge in [0.15, 0.2) is 5.75 Å². The highest BCUT2D eigenvalue weighted by Crippen LogP contribution is 2.41. The molecule has 1 aromatic carbocycles. The van der Waals surface area contributed by atoms with Crippen molar-refractivity contribution < 1.29 is 22.6 Å². The van der Waals surface area contributed by atoms with Crippen LogP contribution in [0.5, 0.6) is 5.75 Å². The van der Waals surface area contributed by atoms with Gasteiger partial charge < -0.3 is 20.9 Å². The molecule has 4 nitrogen and oxygen atoms in total. The van der Waals surface area contributed by atoms with E-state index in [9.17, 15) is 13.2 Å². The van der Waals surface area contributed by atoms with Gasteiger partial charge in [-0.1, -0.05) is 0 Å². The van der Waals surface area contributed by atoms with Crippen molar-refractivity contribution in [2.75, 3.05) is 24.7 Å². The second-order valence-corrected chi connectivity index (χ2v) is 4.78. The van der Waals surface area contributed by atoms with Gasteiger partial charge in [0.25, 0.3) is 0 Å². The third-order valence-electron chi connectivity index (χ3n) is 3.13. The lowest BCUT2D eigenvalue weighted by Crippen LogP contribution is -2.26. The van der Waals surface area contributed by atoms with Gasteiger partial charge in [0.1, 0.15) is 12.2 Å². The van der Waals surface area contributed by atoms with Crippen LogP contribution in [0.25, 0.3) is 0 Å². The summed E-state index contributed by atoms with van der Waals surface area (Å²) in [4.78, 5) is 0. The molecule has 1 atom stereocenters. The first kappa shape index (κ1) is 14.8. The molecule has 1 unspecified atom stereocenters. The Bertz CT molecular complexity index is 471. The lowest BCUT2D eigenvalue weighted by atomic mass is 10.1. The van der Waals surface area contributed by atoms with Crippen molar-refractivity contribution in [1.82, 2.24) is 0 Å². The van der Waals surface area contributed by atoms with E-state index < -0.39 is 11.7 Å². The number of halogens is 3. The molecule has 0 bridgehead atoms. The van der Waals surface area contributed by atoms with Crippen LogP contribution in [-0.4, -0.2) is 19.3 Å². The first-order valence-corrected chi connectivity index (χ1v) is 6.38. The number of ether oxygens (including phenoxy) is 2. The molecule has 0 spiro atoms. The van der Waals surface area contributed by atoms with Gasteiger partial charge in [0, 0.05) is 12.3 Å². The first-order chi connectivity index (χ1) is 9.38. The Morgan fingerprint density at radius 3 is 2.60 bits per heavy atom. The van der Waals surface area contributed by atoms with Crippen LogP contribution in [0, 0.1) is 0 Å². The van der Waals surface area contributed by atoms with Gasteiger partial charge in [-0.2, -0.15) is 13.2 Å². The Kier molecular flexibility index (Phi) is 4.27. The van der Waals surface area contributed by atoms with Crippen molar-refractivity contribution in [1.29, 1.82) is 0 Å². The fourth-order valence-electron chi connectivity index (χ4n) is 2.16. The zero-order valence-electron chi connectivity index (χ0n) is 10.9. The monoisotopic (exact) mass is 290 g/mol. The minimum absolute atomic E-state index is 0.0453. The van der Waals surface area contributed by atoms with E-state index in [4.69, 9.17) is 20.9 Å². The Morgan fingerprint density at radius 1 is 1.25 bits per heavy atom. The maximum absolute atomic E-state index is 13.0. The summed E-state index contributed by atoms with van der Waals surface area (Å²) in [6, 6.07) is 2.08. The molecular weight excluding hydrogens is 273 g/mol. The lowest BCUT2D eigenvalue weighted by Gasteiger charge is -2.24. The van der Waals surface area contributed by atoms with Crippen molar-refractivity contribution in [3.05, 3.63) is 17.7 Å². The Labute approximate surface area is 114 Å². The predicted octanol–water partition coefficient (Wildman–Crippen LogP) is 2.82. The molecule has 1 aromatic rings. The second kappa shape index (κ2) is 5.78. The topological polar surface area (TPSA) is 70.5 Å². The average Bonchev–Trinajstić information content (AvgIpc) is 2.37. The largest absolute Gasteiger partial charge is 0.488 e. The molecule has 112 valence electrons. The van der Waals surface area contributed by atoms with Crippen LogP contribution >= 0.6 is 0 Å². The van der Waals surface area contributed by atoms with Crippen LogP contribution in [0.3, 0.4) is 0 Å². The number of hydrogen-bond acceptors (Lipinski definition) is 4. The standard InChI is InChI=1S/C13H17F3N2O2/c14-13(15,16)10-5-8(17)6-11(18)12(10)20-7-9-3-1-2-4-19-9/h5-6,9H,1-4,7,17-18H2. The molecule has 0 amide bonds. The molecule has 0 aromatic heterocycles. The minimum Gasteiger partial charge on any atom is -0.488 e. The molecule has 1 aliphatic rings. The van der Waals surface area contributed by atoms with E-state index in [-0.39, 0.29) is 29.8 Å². The maximum atomic E-state index is 13.0.